The van der Waals surface area contributed by atoms with E-state index < -0.39 is 35.0 Å². The average Bonchev–Trinajstić information content (AvgIpc) is 3.88. The molecular weight excluding hydrogens is 776 g/mol. The molecule has 3 aromatic carbocycles. The van der Waals surface area contributed by atoms with Crippen molar-refractivity contribution < 1.29 is 34.1 Å². The van der Waals surface area contributed by atoms with E-state index in [1.54, 1.807) is 65.5 Å². The fourth-order valence-corrected chi connectivity index (χ4v) is 11.2. The van der Waals surface area contributed by atoms with E-state index >= 15 is 4.79 Å². The zero-order chi connectivity index (χ0) is 40.8. The van der Waals surface area contributed by atoms with E-state index in [4.69, 9.17) is 21.4 Å². The Kier molecular flexibility index (Phi) is 9.12. The molecular formula is C45H41ClN4O7S. The zero-order valence-electron chi connectivity index (χ0n) is 32.3. The number of rotatable bonds is 8. The number of hydrogen-bond donors (Lipinski definition) is 2. The first-order valence-electron chi connectivity index (χ1n) is 19.3. The van der Waals surface area contributed by atoms with Crippen molar-refractivity contribution in [2.45, 2.75) is 33.1 Å². The highest BCUT2D eigenvalue weighted by Crippen LogP contribution is 2.61. The van der Waals surface area contributed by atoms with Gasteiger partial charge in [-0.15, -0.1) is 11.3 Å². The molecule has 0 radical (unpaired) electrons. The predicted molar refractivity (Wildman–Crippen MR) is 221 cm³/mol. The van der Waals surface area contributed by atoms with Gasteiger partial charge in [0.2, 0.25) is 23.6 Å². The first kappa shape index (κ1) is 37.8. The third kappa shape index (κ3) is 5.79. The molecule has 2 aliphatic heterocycles. The number of methoxy groups -OCH3 is 1. The van der Waals surface area contributed by atoms with Gasteiger partial charge < -0.3 is 14.9 Å². The number of thiophene rings is 1. The monoisotopic (exact) mass is 816 g/mol. The number of aryl methyl sites for hydroxylation is 2. The summed E-state index contributed by atoms with van der Waals surface area (Å²) in [4.78, 5) is 61.8. The summed E-state index contributed by atoms with van der Waals surface area (Å²) in [6.45, 7) is 4.05. The van der Waals surface area contributed by atoms with Crippen molar-refractivity contribution in [3.63, 3.8) is 0 Å². The van der Waals surface area contributed by atoms with Crippen molar-refractivity contribution in [2.24, 2.45) is 42.1 Å². The summed E-state index contributed by atoms with van der Waals surface area (Å²) in [5.41, 5.74) is 2.87. The number of carbonyl (C=O) groups is 4. The van der Waals surface area contributed by atoms with Crippen molar-refractivity contribution in [3.05, 3.63) is 106 Å². The third-order valence-electron chi connectivity index (χ3n) is 12.9. The molecule has 58 heavy (non-hydrogen) atoms. The Morgan fingerprint density at radius 1 is 0.983 bits per heavy atom. The number of phenols is 2. The summed E-state index contributed by atoms with van der Waals surface area (Å²) < 4.78 is 7.97. The molecule has 4 heterocycles. The summed E-state index contributed by atoms with van der Waals surface area (Å²) in [7, 11) is 3.19. The maximum absolute atomic E-state index is 15.1. The minimum absolute atomic E-state index is 0.0118. The standard InChI is InChI=1S/C45H41ClN4O7S/c1-23-30-20-26(46)9-16-37(30)58-40(23)34-22-38(48(3)47-34)50-42(54)33-21-31-28(32(45(33,2)44(50)56)14-7-25-8-15-35(52)36(19-25)57-4)12-13-29-39(31)43(55)49(41(29)53)18-17-24-5-10-27(51)11-6-24/h5-12,14-16,19-20,22,29,31-33,39,51-52H,13,17-18,21H2,1-4H3/t29-,31+,32-,33-,39-,45-/m0/s1. The van der Waals surface area contributed by atoms with Crippen LogP contribution in [0.15, 0.2) is 84.5 Å². The smallest absolute Gasteiger partial charge is 0.242 e. The zero-order valence-corrected chi connectivity index (χ0v) is 33.9. The number of allylic oxidation sites excluding steroid dienone is 3. The number of amides is 4. The van der Waals surface area contributed by atoms with Gasteiger partial charge in [0.25, 0.3) is 0 Å². The van der Waals surface area contributed by atoms with E-state index in [0.29, 0.717) is 34.9 Å². The minimum Gasteiger partial charge on any atom is -0.508 e. The molecule has 4 amide bonds. The van der Waals surface area contributed by atoms with Gasteiger partial charge in [0, 0.05) is 35.3 Å². The topological polar surface area (TPSA) is 142 Å². The lowest BCUT2D eigenvalue weighted by Gasteiger charge is -2.47. The highest BCUT2D eigenvalue weighted by Gasteiger charge is 2.67. The molecule has 2 saturated heterocycles. The van der Waals surface area contributed by atoms with Crippen LogP contribution in [0.25, 0.3) is 26.7 Å². The second-order valence-corrected chi connectivity index (χ2v) is 17.4. The Morgan fingerprint density at radius 2 is 1.76 bits per heavy atom. The van der Waals surface area contributed by atoms with Crippen LogP contribution in [0.1, 0.15) is 36.5 Å². The molecule has 0 unspecified atom stereocenters. The summed E-state index contributed by atoms with van der Waals surface area (Å²) in [5.74, 6) is -3.55. The number of nitrogens with zero attached hydrogens (tertiary/aromatic N) is 4. The fraction of sp³-hybridized carbons (Fsp3) is 0.311. The lowest BCUT2D eigenvalue weighted by molar-refractivity contribution is -0.140. The number of hydrogen-bond acceptors (Lipinski definition) is 9. The van der Waals surface area contributed by atoms with E-state index in [1.807, 2.05) is 50.3 Å². The van der Waals surface area contributed by atoms with E-state index in [1.165, 1.54) is 23.0 Å². The number of phenolic OH excluding ortho intramolecular Hbond substituents is 2. The molecule has 296 valence electrons. The lowest BCUT2D eigenvalue weighted by Crippen LogP contribution is -2.49. The lowest BCUT2D eigenvalue weighted by atomic mass is 9.52. The van der Waals surface area contributed by atoms with Gasteiger partial charge in [-0.1, -0.05) is 53.6 Å². The minimum atomic E-state index is -1.23. The van der Waals surface area contributed by atoms with Gasteiger partial charge in [-0.05, 0) is 104 Å². The van der Waals surface area contributed by atoms with Crippen LogP contribution < -0.4 is 9.64 Å². The molecule has 13 heteroatoms. The molecule has 9 rings (SSSR count). The second-order valence-electron chi connectivity index (χ2n) is 15.9. The van der Waals surface area contributed by atoms with Crippen LogP contribution in [0.5, 0.6) is 17.2 Å². The molecule has 11 nitrogen and oxygen atoms in total. The Hall–Kier alpha value is -5.72. The number of halogens is 1. The number of benzene rings is 3. The van der Waals surface area contributed by atoms with Crippen LogP contribution in [0, 0.1) is 41.9 Å². The van der Waals surface area contributed by atoms with Crippen molar-refractivity contribution in [2.75, 3.05) is 18.6 Å². The molecule has 2 aromatic heterocycles. The average molecular weight is 817 g/mol. The highest BCUT2D eigenvalue weighted by molar-refractivity contribution is 7.22. The van der Waals surface area contributed by atoms with Crippen molar-refractivity contribution in [1.29, 1.82) is 0 Å². The first-order chi connectivity index (χ1) is 27.8. The maximum Gasteiger partial charge on any atom is 0.242 e. The van der Waals surface area contributed by atoms with Gasteiger partial charge in [0.15, 0.2) is 11.5 Å². The van der Waals surface area contributed by atoms with Gasteiger partial charge >= 0.3 is 0 Å². The van der Waals surface area contributed by atoms with E-state index in [0.717, 1.165) is 31.7 Å². The van der Waals surface area contributed by atoms with Gasteiger partial charge in [0.05, 0.1) is 35.2 Å². The number of fused-ring (bicyclic) bond motifs is 5. The van der Waals surface area contributed by atoms with Crippen molar-refractivity contribution in [3.8, 4) is 27.8 Å². The van der Waals surface area contributed by atoms with Crippen molar-refractivity contribution >= 4 is 68.5 Å². The predicted octanol–water partition coefficient (Wildman–Crippen LogP) is 7.70. The number of carbonyl (C=O) groups excluding carboxylic acids is 4. The normalized spacial score (nSPS) is 25.5. The van der Waals surface area contributed by atoms with Crippen LogP contribution in [-0.4, -0.2) is 62.2 Å². The molecule has 5 aromatic rings. The summed E-state index contributed by atoms with van der Waals surface area (Å²) in [6, 6.07) is 19.2. The van der Waals surface area contributed by atoms with Gasteiger partial charge in [-0.25, -0.2) is 4.90 Å². The van der Waals surface area contributed by atoms with Gasteiger partial charge in [0.1, 0.15) is 17.3 Å². The van der Waals surface area contributed by atoms with E-state index in [9.17, 15) is 24.6 Å². The number of aromatic hydroxyl groups is 2. The Bertz CT molecular complexity index is 2630. The maximum atomic E-state index is 15.1. The summed E-state index contributed by atoms with van der Waals surface area (Å²) >= 11 is 7.90. The Labute approximate surface area is 343 Å². The highest BCUT2D eigenvalue weighted by atomic mass is 35.5. The number of likely N-dealkylation sites (tertiary alicyclic amines) is 1. The molecule has 0 bridgehead atoms. The number of ether oxygens (including phenoxy) is 1. The summed E-state index contributed by atoms with van der Waals surface area (Å²) in [5, 5.41) is 26.5. The van der Waals surface area contributed by atoms with Gasteiger partial charge in [-0.2, -0.15) is 5.10 Å². The Balaban J connectivity index is 1.09. The molecule has 4 aliphatic rings. The van der Waals surface area contributed by atoms with Crippen LogP contribution >= 0.6 is 22.9 Å². The van der Waals surface area contributed by atoms with Gasteiger partial charge in [-0.3, -0.25) is 28.8 Å². The molecule has 0 spiro atoms. The molecule has 6 atom stereocenters. The van der Waals surface area contributed by atoms with Crippen molar-refractivity contribution in [1.82, 2.24) is 14.7 Å². The SMILES string of the molecule is COc1cc(C=C[C@H]2C3=CC[C@@H]4C(=O)N(CCc5ccc(O)cc5)C(=O)[C@@H]4[C@@H]3C[C@H]3C(=O)N(c4cc(-c5sc6ccc(Cl)cc6c5C)nn4C)C(=O)[C@@]23C)ccc1O. The molecule has 1 saturated carbocycles. The quantitative estimate of drug-likeness (QED) is 0.120. The molecule has 2 N–H and O–H groups in total. The van der Waals surface area contributed by atoms with E-state index in [-0.39, 0.29) is 53.8 Å². The van der Waals surface area contributed by atoms with Crippen LogP contribution in [0.4, 0.5) is 5.82 Å². The third-order valence-corrected chi connectivity index (χ3v) is 14.4. The van der Waals surface area contributed by atoms with Crippen LogP contribution in [0.3, 0.4) is 0 Å². The fourth-order valence-electron chi connectivity index (χ4n) is 9.85. The van der Waals surface area contributed by atoms with E-state index in [2.05, 4.69) is 0 Å². The van der Waals surface area contributed by atoms with Crippen LogP contribution in [0.2, 0.25) is 5.02 Å². The number of imide groups is 2. The molecule has 3 fully saturated rings. The Morgan fingerprint density at radius 3 is 2.52 bits per heavy atom. The first-order valence-corrected chi connectivity index (χ1v) is 20.5. The number of anilines is 1. The number of aromatic nitrogens is 2. The molecule has 2 aliphatic carbocycles. The summed E-state index contributed by atoms with van der Waals surface area (Å²) in [6.07, 6.45) is 6.81. The van der Waals surface area contributed by atoms with Crippen LogP contribution in [-0.2, 0) is 32.6 Å². The largest absolute Gasteiger partial charge is 0.508 e. The second kappa shape index (κ2) is 14.0.